The summed E-state index contributed by atoms with van der Waals surface area (Å²) in [6.45, 7) is 4.10. The average molecular weight is 140 g/mol. The molecule has 1 nitrogen and oxygen atoms in total. The van der Waals surface area contributed by atoms with E-state index in [1.54, 1.807) is 0 Å². The minimum atomic E-state index is 0.353. The Kier molecular flexibility index (Phi) is 2.94. The van der Waals surface area contributed by atoms with E-state index in [-0.39, 0.29) is 0 Å². The molecule has 1 fully saturated rings. The number of rotatable bonds is 5. The molecule has 58 valence electrons. The molecule has 0 saturated heterocycles. The Hall–Kier alpha value is -0.300. The summed E-state index contributed by atoms with van der Waals surface area (Å²) in [5, 5.41) is 8.50. The predicted octanol–water partition coefficient (Wildman–Crippen LogP) is 1.97. The van der Waals surface area contributed by atoms with Crippen LogP contribution in [0.5, 0.6) is 0 Å². The molecular weight excluding hydrogens is 124 g/mol. The van der Waals surface area contributed by atoms with Crippen LogP contribution in [-0.2, 0) is 0 Å². The normalized spacial score (nSPS) is 30.1. The SMILES string of the molecule is C=C[C@@H]1C[C@@H]1CCCCO. The zero-order valence-electron chi connectivity index (χ0n) is 6.42. The van der Waals surface area contributed by atoms with E-state index >= 15 is 0 Å². The third-order valence-electron chi connectivity index (χ3n) is 2.26. The average Bonchev–Trinajstić information content (AvgIpc) is 2.68. The molecule has 0 aromatic carbocycles. The topological polar surface area (TPSA) is 20.2 Å². The maximum Gasteiger partial charge on any atom is 0.0431 e. The molecule has 0 heterocycles. The van der Waals surface area contributed by atoms with Gasteiger partial charge in [0.05, 0.1) is 0 Å². The molecular formula is C9H16O. The second-order valence-electron chi connectivity index (χ2n) is 3.11. The second-order valence-corrected chi connectivity index (χ2v) is 3.11. The van der Waals surface area contributed by atoms with E-state index in [9.17, 15) is 0 Å². The lowest BCUT2D eigenvalue weighted by Gasteiger charge is -1.94. The highest BCUT2D eigenvalue weighted by Gasteiger charge is 2.32. The quantitative estimate of drug-likeness (QED) is 0.457. The van der Waals surface area contributed by atoms with Crippen molar-refractivity contribution in [1.29, 1.82) is 0 Å². The van der Waals surface area contributed by atoms with Gasteiger partial charge in [0, 0.05) is 6.61 Å². The summed E-state index contributed by atoms with van der Waals surface area (Å²) in [5.74, 6) is 1.71. The molecule has 1 saturated carbocycles. The summed E-state index contributed by atoms with van der Waals surface area (Å²) >= 11 is 0. The van der Waals surface area contributed by atoms with Gasteiger partial charge in [0.15, 0.2) is 0 Å². The molecule has 10 heavy (non-hydrogen) atoms. The summed E-state index contributed by atoms with van der Waals surface area (Å²) < 4.78 is 0. The van der Waals surface area contributed by atoms with Crippen molar-refractivity contribution in [3.63, 3.8) is 0 Å². The van der Waals surface area contributed by atoms with Crippen molar-refractivity contribution in [2.75, 3.05) is 6.61 Å². The van der Waals surface area contributed by atoms with Gasteiger partial charge < -0.3 is 5.11 Å². The summed E-state index contributed by atoms with van der Waals surface area (Å²) in [6, 6.07) is 0. The van der Waals surface area contributed by atoms with E-state index in [2.05, 4.69) is 12.7 Å². The molecule has 1 N–H and O–H groups in total. The van der Waals surface area contributed by atoms with E-state index in [0.717, 1.165) is 18.3 Å². The summed E-state index contributed by atoms with van der Waals surface area (Å²) in [4.78, 5) is 0. The summed E-state index contributed by atoms with van der Waals surface area (Å²) in [5.41, 5.74) is 0. The van der Waals surface area contributed by atoms with E-state index in [0.29, 0.717) is 6.61 Å². The van der Waals surface area contributed by atoms with Gasteiger partial charge >= 0.3 is 0 Å². The number of hydrogen-bond donors (Lipinski definition) is 1. The molecule has 0 aromatic heterocycles. The molecule has 1 rings (SSSR count). The van der Waals surface area contributed by atoms with Crippen molar-refractivity contribution >= 4 is 0 Å². The van der Waals surface area contributed by atoms with Crippen LogP contribution in [0.4, 0.5) is 0 Å². The van der Waals surface area contributed by atoms with Gasteiger partial charge in [-0.25, -0.2) is 0 Å². The molecule has 0 aliphatic heterocycles. The van der Waals surface area contributed by atoms with Crippen molar-refractivity contribution < 1.29 is 5.11 Å². The first kappa shape index (κ1) is 7.80. The zero-order chi connectivity index (χ0) is 7.40. The highest BCUT2D eigenvalue weighted by molar-refractivity contribution is 4.97. The van der Waals surface area contributed by atoms with Crippen LogP contribution in [0.25, 0.3) is 0 Å². The fourth-order valence-electron chi connectivity index (χ4n) is 1.41. The van der Waals surface area contributed by atoms with Crippen molar-refractivity contribution in [2.24, 2.45) is 11.8 Å². The molecule has 0 radical (unpaired) electrons. The fraction of sp³-hybridized carbons (Fsp3) is 0.778. The van der Waals surface area contributed by atoms with Gasteiger partial charge in [0.25, 0.3) is 0 Å². The first-order valence-corrected chi connectivity index (χ1v) is 4.12. The van der Waals surface area contributed by atoms with E-state index in [1.807, 2.05) is 0 Å². The molecule has 1 heteroatoms. The minimum absolute atomic E-state index is 0.353. The Labute approximate surface area is 62.8 Å². The maximum absolute atomic E-state index is 8.50. The fourth-order valence-corrected chi connectivity index (χ4v) is 1.41. The van der Waals surface area contributed by atoms with Crippen molar-refractivity contribution in [2.45, 2.75) is 25.7 Å². The Bertz CT molecular complexity index is 109. The van der Waals surface area contributed by atoms with Gasteiger partial charge in [-0.15, -0.1) is 6.58 Å². The lowest BCUT2D eigenvalue weighted by atomic mass is 10.1. The number of allylic oxidation sites excluding steroid dienone is 1. The number of aliphatic hydroxyl groups is 1. The number of aliphatic hydroxyl groups excluding tert-OH is 1. The van der Waals surface area contributed by atoms with Crippen molar-refractivity contribution in [3.05, 3.63) is 12.7 Å². The summed E-state index contributed by atoms with van der Waals surface area (Å²) in [6.07, 6.45) is 6.85. The van der Waals surface area contributed by atoms with E-state index < -0.39 is 0 Å². The van der Waals surface area contributed by atoms with Crippen LogP contribution < -0.4 is 0 Å². The second kappa shape index (κ2) is 3.77. The smallest absolute Gasteiger partial charge is 0.0431 e. The van der Waals surface area contributed by atoms with Gasteiger partial charge in [0.1, 0.15) is 0 Å². The van der Waals surface area contributed by atoms with Crippen LogP contribution in [-0.4, -0.2) is 11.7 Å². The first-order chi connectivity index (χ1) is 4.88. The Morgan fingerprint density at radius 3 is 2.80 bits per heavy atom. The van der Waals surface area contributed by atoms with Crippen LogP contribution in [0.3, 0.4) is 0 Å². The first-order valence-electron chi connectivity index (χ1n) is 4.12. The number of unbranched alkanes of at least 4 members (excludes halogenated alkanes) is 1. The lowest BCUT2D eigenvalue weighted by Crippen LogP contribution is -1.85. The van der Waals surface area contributed by atoms with Gasteiger partial charge in [-0.1, -0.05) is 12.5 Å². The van der Waals surface area contributed by atoms with Gasteiger partial charge in [-0.2, -0.15) is 0 Å². The lowest BCUT2D eigenvalue weighted by molar-refractivity contribution is 0.281. The molecule has 0 amide bonds. The van der Waals surface area contributed by atoms with Gasteiger partial charge in [-0.3, -0.25) is 0 Å². The van der Waals surface area contributed by atoms with Crippen LogP contribution >= 0.6 is 0 Å². The molecule has 2 atom stereocenters. The predicted molar refractivity (Wildman–Crippen MR) is 42.7 cm³/mol. The molecule has 0 unspecified atom stereocenters. The van der Waals surface area contributed by atoms with E-state index in [4.69, 9.17) is 5.11 Å². The van der Waals surface area contributed by atoms with Crippen LogP contribution in [0.1, 0.15) is 25.7 Å². The molecule has 1 aliphatic carbocycles. The van der Waals surface area contributed by atoms with Crippen LogP contribution in [0, 0.1) is 11.8 Å². The Morgan fingerprint density at radius 1 is 1.50 bits per heavy atom. The van der Waals surface area contributed by atoms with Crippen LogP contribution in [0.2, 0.25) is 0 Å². The van der Waals surface area contributed by atoms with Crippen molar-refractivity contribution in [3.8, 4) is 0 Å². The van der Waals surface area contributed by atoms with Crippen LogP contribution in [0.15, 0.2) is 12.7 Å². The zero-order valence-corrected chi connectivity index (χ0v) is 6.42. The Morgan fingerprint density at radius 2 is 2.30 bits per heavy atom. The third kappa shape index (κ3) is 2.14. The standard InChI is InChI=1S/C9H16O/c1-2-8-7-9(8)5-3-4-6-10/h2,8-10H,1,3-7H2/t8-,9+/m1/s1. The molecule has 0 spiro atoms. The number of hydrogen-bond acceptors (Lipinski definition) is 1. The minimum Gasteiger partial charge on any atom is -0.396 e. The van der Waals surface area contributed by atoms with Crippen molar-refractivity contribution in [1.82, 2.24) is 0 Å². The highest BCUT2D eigenvalue weighted by Crippen LogP contribution is 2.42. The maximum atomic E-state index is 8.50. The Balaban J connectivity index is 1.91. The summed E-state index contributed by atoms with van der Waals surface area (Å²) in [7, 11) is 0. The molecule has 0 aromatic rings. The molecule has 1 aliphatic rings. The van der Waals surface area contributed by atoms with Gasteiger partial charge in [-0.05, 0) is 31.1 Å². The largest absolute Gasteiger partial charge is 0.396 e. The van der Waals surface area contributed by atoms with E-state index in [1.165, 1.54) is 19.3 Å². The third-order valence-corrected chi connectivity index (χ3v) is 2.26. The highest BCUT2D eigenvalue weighted by atomic mass is 16.2. The molecule has 0 bridgehead atoms. The monoisotopic (exact) mass is 140 g/mol. The van der Waals surface area contributed by atoms with Gasteiger partial charge in [0.2, 0.25) is 0 Å².